The lowest BCUT2D eigenvalue weighted by atomic mass is 9.76. The summed E-state index contributed by atoms with van der Waals surface area (Å²) < 4.78 is 23.2. The Bertz CT molecular complexity index is 414. The Hall–Kier alpha value is -0.420. The Labute approximate surface area is 109 Å². The van der Waals surface area contributed by atoms with Crippen LogP contribution in [-0.4, -0.2) is 38.8 Å². The van der Waals surface area contributed by atoms with Crippen LogP contribution in [0.5, 0.6) is 0 Å². The SMILES string of the molecule is CC(C(=O)C1CCCC(S(C)(=O)=O)C1)C1CNC1. The summed E-state index contributed by atoms with van der Waals surface area (Å²) >= 11 is 0. The van der Waals surface area contributed by atoms with Gasteiger partial charge in [0.25, 0.3) is 0 Å². The van der Waals surface area contributed by atoms with Gasteiger partial charge < -0.3 is 5.32 Å². The van der Waals surface area contributed by atoms with Crippen LogP contribution >= 0.6 is 0 Å². The zero-order valence-corrected chi connectivity index (χ0v) is 12.0. The maximum atomic E-state index is 12.4. The molecule has 1 saturated heterocycles. The molecule has 2 aliphatic rings. The van der Waals surface area contributed by atoms with Gasteiger partial charge in [0.2, 0.25) is 0 Å². The van der Waals surface area contributed by atoms with E-state index in [0.717, 1.165) is 32.4 Å². The molecule has 1 saturated carbocycles. The van der Waals surface area contributed by atoms with Gasteiger partial charge in [-0.05, 0) is 38.3 Å². The number of carbonyl (C=O) groups is 1. The van der Waals surface area contributed by atoms with Gasteiger partial charge in [0.15, 0.2) is 0 Å². The van der Waals surface area contributed by atoms with Gasteiger partial charge in [-0.3, -0.25) is 4.79 Å². The average molecular weight is 273 g/mol. The number of Topliss-reactive ketones (excluding diaryl/α,β-unsaturated/α-hetero) is 1. The van der Waals surface area contributed by atoms with Gasteiger partial charge in [-0.25, -0.2) is 8.42 Å². The minimum absolute atomic E-state index is 0.0333. The lowest BCUT2D eigenvalue weighted by Gasteiger charge is -2.35. The van der Waals surface area contributed by atoms with Crippen molar-refractivity contribution in [2.75, 3.05) is 19.3 Å². The number of rotatable bonds is 4. The normalized spacial score (nSPS) is 31.7. The third-order valence-corrected chi connectivity index (χ3v) is 6.24. The van der Waals surface area contributed by atoms with Crippen LogP contribution in [0.4, 0.5) is 0 Å². The second-order valence-corrected chi connectivity index (χ2v) is 8.25. The monoisotopic (exact) mass is 273 g/mol. The molecule has 104 valence electrons. The van der Waals surface area contributed by atoms with Gasteiger partial charge in [-0.15, -0.1) is 0 Å². The van der Waals surface area contributed by atoms with E-state index in [-0.39, 0.29) is 22.9 Å². The molecule has 1 aliphatic heterocycles. The van der Waals surface area contributed by atoms with Crippen molar-refractivity contribution < 1.29 is 13.2 Å². The van der Waals surface area contributed by atoms with Crippen molar-refractivity contribution >= 4 is 15.6 Å². The molecule has 3 unspecified atom stereocenters. The second kappa shape index (κ2) is 5.29. The predicted octanol–water partition coefficient (Wildman–Crippen LogP) is 1.01. The molecule has 0 aromatic carbocycles. The van der Waals surface area contributed by atoms with Gasteiger partial charge in [0.05, 0.1) is 5.25 Å². The van der Waals surface area contributed by atoms with Gasteiger partial charge in [-0.2, -0.15) is 0 Å². The maximum absolute atomic E-state index is 12.4. The van der Waals surface area contributed by atoms with Crippen LogP contribution in [-0.2, 0) is 14.6 Å². The lowest BCUT2D eigenvalue weighted by Crippen LogP contribution is -2.48. The van der Waals surface area contributed by atoms with E-state index in [9.17, 15) is 13.2 Å². The van der Waals surface area contributed by atoms with Crippen molar-refractivity contribution in [3.05, 3.63) is 0 Å². The molecule has 0 aromatic heterocycles. The smallest absolute Gasteiger partial charge is 0.150 e. The fraction of sp³-hybridized carbons (Fsp3) is 0.923. The molecule has 0 spiro atoms. The van der Waals surface area contributed by atoms with Gasteiger partial charge in [0, 0.05) is 18.1 Å². The molecule has 3 atom stereocenters. The van der Waals surface area contributed by atoms with Crippen LogP contribution in [0.3, 0.4) is 0 Å². The van der Waals surface area contributed by atoms with Crippen LogP contribution in [0.15, 0.2) is 0 Å². The Kier molecular flexibility index (Phi) is 4.11. The number of nitrogens with one attached hydrogen (secondary N) is 1. The van der Waals surface area contributed by atoms with Crippen molar-refractivity contribution in [1.82, 2.24) is 5.32 Å². The molecule has 1 N–H and O–H groups in total. The van der Waals surface area contributed by atoms with E-state index >= 15 is 0 Å². The third kappa shape index (κ3) is 2.94. The highest BCUT2D eigenvalue weighted by Gasteiger charge is 2.37. The predicted molar refractivity (Wildman–Crippen MR) is 71.1 cm³/mol. The fourth-order valence-electron chi connectivity index (χ4n) is 3.06. The summed E-state index contributed by atoms with van der Waals surface area (Å²) in [5.41, 5.74) is 0. The summed E-state index contributed by atoms with van der Waals surface area (Å²) in [6.45, 7) is 3.85. The van der Waals surface area contributed by atoms with E-state index in [4.69, 9.17) is 0 Å². The molecule has 0 radical (unpaired) electrons. The largest absolute Gasteiger partial charge is 0.316 e. The van der Waals surface area contributed by atoms with Crippen molar-refractivity contribution in [3.63, 3.8) is 0 Å². The molecule has 0 bridgehead atoms. The third-order valence-electron chi connectivity index (χ3n) is 4.60. The summed E-state index contributed by atoms with van der Waals surface area (Å²) in [7, 11) is -2.99. The zero-order valence-electron chi connectivity index (χ0n) is 11.2. The molecule has 1 heterocycles. The van der Waals surface area contributed by atoms with Crippen molar-refractivity contribution in [2.24, 2.45) is 17.8 Å². The van der Waals surface area contributed by atoms with E-state index in [0.29, 0.717) is 12.3 Å². The van der Waals surface area contributed by atoms with Gasteiger partial charge in [0.1, 0.15) is 15.6 Å². The second-order valence-electron chi connectivity index (χ2n) is 5.92. The molecule has 2 fully saturated rings. The highest BCUT2D eigenvalue weighted by molar-refractivity contribution is 7.91. The minimum atomic E-state index is -2.99. The highest BCUT2D eigenvalue weighted by atomic mass is 32.2. The van der Waals surface area contributed by atoms with Crippen LogP contribution in [0.2, 0.25) is 0 Å². The first-order valence-corrected chi connectivity index (χ1v) is 8.78. The van der Waals surface area contributed by atoms with Crippen molar-refractivity contribution in [1.29, 1.82) is 0 Å². The molecule has 5 heteroatoms. The zero-order chi connectivity index (χ0) is 13.3. The number of sulfone groups is 1. The Morgan fingerprint density at radius 3 is 2.44 bits per heavy atom. The van der Waals surface area contributed by atoms with E-state index in [1.54, 1.807) is 0 Å². The molecule has 0 amide bonds. The molecule has 4 nitrogen and oxygen atoms in total. The lowest BCUT2D eigenvalue weighted by molar-refractivity contribution is -0.129. The van der Waals surface area contributed by atoms with Crippen LogP contribution in [0, 0.1) is 17.8 Å². The summed E-state index contributed by atoms with van der Waals surface area (Å²) in [5, 5.41) is 2.89. The summed E-state index contributed by atoms with van der Waals surface area (Å²) in [5.74, 6) is 0.787. The van der Waals surface area contributed by atoms with Crippen LogP contribution in [0.25, 0.3) is 0 Å². The Morgan fingerprint density at radius 1 is 1.28 bits per heavy atom. The van der Waals surface area contributed by atoms with E-state index in [1.807, 2.05) is 6.92 Å². The first-order valence-electron chi connectivity index (χ1n) is 6.83. The molecule has 18 heavy (non-hydrogen) atoms. The van der Waals surface area contributed by atoms with Crippen molar-refractivity contribution in [3.8, 4) is 0 Å². The minimum Gasteiger partial charge on any atom is -0.316 e. The molecular weight excluding hydrogens is 250 g/mol. The summed E-state index contributed by atoms with van der Waals surface area (Å²) in [6, 6.07) is 0. The molecule has 2 rings (SSSR count). The first-order chi connectivity index (χ1) is 8.39. The molecule has 0 aromatic rings. The fourth-order valence-corrected chi connectivity index (χ4v) is 4.24. The van der Waals surface area contributed by atoms with Crippen molar-refractivity contribution in [2.45, 2.75) is 37.9 Å². The first kappa shape index (κ1) is 14.0. The average Bonchev–Trinajstić information content (AvgIpc) is 2.24. The summed E-state index contributed by atoms with van der Waals surface area (Å²) in [4.78, 5) is 12.4. The van der Waals surface area contributed by atoms with E-state index in [1.165, 1.54) is 6.26 Å². The standard InChI is InChI=1S/C13H23NO3S/c1-9(11-7-14-8-11)13(15)10-4-3-5-12(6-10)18(2,16)17/h9-12,14H,3-8H2,1-2H3. The number of hydrogen-bond acceptors (Lipinski definition) is 4. The topological polar surface area (TPSA) is 63.2 Å². The Morgan fingerprint density at radius 2 is 1.94 bits per heavy atom. The maximum Gasteiger partial charge on any atom is 0.150 e. The number of carbonyl (C=O) groups excluding carboxylic acids is 1. The van der Waals surface area contributed by atoms with Gasteiger partial charge in [-0.1, -0.05) is 13.3 Å². The quantitative estimate of drug-likeness (QED) is 0.830. The van der Waals surface area contributed by atoms with E-state index in [2.05, 4.69) is 5.32 Å². The number of hydrogen-bond donors (Lipinski definition) is 1. The van der Waals surface area contributed by atoms with Crippen LogP contribution in [0.1, 0.15) is 32.6 Å². The summed E-state index contributed by atoms with van der Waals surface area (Å²) in [6.07, 6.45) is 4.30. The van der Waals surface area contributed by atoms with E-state index < -0.39 is 9.84 Å². The number of ketones is 1. The highest BCUT2D eigenvalue weighted by Crippen LogP contribution is 2.32. The molecular formula is C13H23NO3S. The van der Waals surface area contributed by atoms with Crippen LogP contribution < -0.4 is 5.32 Å². The Balaban J connectivity index is 1.97. The van der Waals surface area contributed by atoms with Gasteiger partial charge >= 0.3 is 0 Å². The molecule has 1 aliphatic carbocycles.